The molecule has 1 heterocycles. The molecule has 1 aromatic heterocycles. The Morgan fingerprint density at radius 1 is 1.21 bits per heavy atom. The maximum absolute atomic E-state index is 9.63. The second-order valence-electron chi connectivity index (χ2n) is 4.66. The van der Waals surface area contributed by atoms with Crippen molar-refractivity contribution < 1.29 is 15.3 Å². The van der Waals surface area contributed by atoms with Gasteiger partial charge in [-0.2, -0.15) is 0 Å². The fraction of sp³-hybridized carbons (Fsp3) is 0.286. The van der Waals surface area contributed by atoms with E-state index in [1.165, 1.54) is 18.2 Å². The van der Waals surface area contributed by atoms with E-state index in [1.54, 1.807) is 11.3 Å². The number of benzene rings is 1. The van der Waals surface area contributed by atoms with Crippen molar-refractivity contribution in [2.75, 3.05) is 6.61 Å². The summed E-state index contributed by atoms with van der Waals surface area (Å²) in [6, 6.07) is 8.32. The van der Waals surface area contributed by atoms with Crippen molar-refractivity contribution in [3.8, 4) is 11.5 Å². The first-order valence-electron chi connectivity index (χ1n) is 5.95. The molecule has 5 heteroatoms. The molecule has 0 radical (unpaired) electrons. The van der Waals surface area contributed by atoms with E-state index >= 15 is 0 Å². The number of aromatic hydroxyl groups is 2. The molecular weight excluding hydrogens is 262 g/mol. The largest absolute Gasteiger partial charge is 0.508 e. The second kappa shape index (κ2) is 5.61. The van der Waals surface area contributed by atoms with Crippen LogP contribution in [0.2, 0.25) is 0 Å². The molecular formula is C14H17NO3S. The van der Waals surface area contributed by atoms with Crippen molar-refractivity contribution in [3.63, 3.8) is 0 Å². The van der Waals surface area contributed by atoms with Crippen LogP contribution in [0.5, 0.6) is 11.5 Å². The summed E-state index contributed by atoms with van der Waals surface area (Å²) in [5.74, 6) is -0.0415. The predicted octanol–water partition coefficient (Wildman–Crippen LogP) is 2.16. The normalized spacial score (nSPS) is 14.2. The summed E-state index contributed by atoms with van der Waals surface area (Å²) in [5, 5.41) is 34.0. The summed E-state index contributed by atoms with van der Waals surface area (Å²) in [4.78, 5) is 1.16. The zero-order chi connectivity index (χ0) is 13.9. The zero-order valence-corrected chi connectivity index (χ0v) is 11.4. The van der Waals surface area contributed by atoms with Crippen LogP contribution >= 0.6 is 11.3 Å². The van der Waals surface area contributed by atoms with Gasteiger partial charge in [0, 0.05) is 17.5 Å². The van der Waals surface area contributed by atoms with Gasteiger partial charge < -0.3 is 20.6 Å². The molecule has 1 atom stereocenters. The first-order valence-corrected chi connectivity index (χ1v) is 6.83. The highest BCUT2D eigenvalue weighted by Gasteiger charge is 2.26. The Kier molecular flexibility index (Phi) is 4.09. The van der Waals surface area contributed by atoms with Crippen molar-refractivity contribution in [2.24, 2.45) is 0 Å². The van der Waals surface area contributed by atoms with Gasteiger partial charge in [-0.1, -0.05) is 6.07 Å². The Bertz CT molecular complexity index is 521. The lowest BCUT2D eigenvalue weighted by Gasteiger charge is -2.29. The van der Waals surface area contributed by atoms with Gasteiger partial charge in [0.1, 0.15) is 11.5 Å². The van der Waals surface area contributed by atoms with Crippen molar-refractivity contribution in [1.29, 1.82) is 0 Å². The fourth-order valence-electron chi connectivity index (χ4n) is 1.86. The minimum atomic E-state index is -0.722. The van der Waals surface area contributed by atoms with Crippen molar-refractivity contribution >= 4 is 11.3 Å². The molecule has 4 N–H and O–H groups in total. The minimum Gasteiger partial charge on any atom is -0.508 e. The van der Waals surface area contributed by atoms with Crippen LogP contribution in [0.1, 0.15) is 17.4 Å². The third kappa shape index (κ3) is 3.26. The Morgan fingerprint density at radius 3 is 2.42 bits per heavy atom. The van der Waals surface area contributed by atoms with Crippen LogP contribution in [0.15, 0.2) is 35.7 Å². The Morgan fingerprint density at radius 2 is 1.89 bits per heavy atom. The molecule has 1 unspecified atom stereocenters. The molecule has 4 nitrogen and oxygen atoms in total. The quantitative estimate of drug-likeness (QED) is 0.677. The fourth-order valence-corrected chi connectivity index (χ4v) is 2.50. The molecule has 19 heavy (non-hydrogen) atoms. The summed E-state index contributed by atoms with van der Waals surface area (Å²) in [7, 11) is 0. The number of aliphatic hydroxyl groups is 1. The first-order chi connectivity index (χ1) is 9.03. The predicted molar refractivity (Wildman–Crippen MR) is 75.4 cm³/mol. The van der Waals surface area contributed by atoms with Gasteiger partial charge >= 0.3 is 0 Å². The van der Waals surface area contributed by atoms with E-state index in [2.05, 4.69) is 5.32 Å². The molecule has 0 aliphatic heterocycles. The van der Waals surface area contributed by atoms with E-state index in [0.717, 1.165) is 4.88 Å². The molecule has 2 aromatic rings. The maximum Gasteiger partial charge on any atom is 0.119 e. The zero-order valence-electron chi connectivity index (χ0n) is 10.6. The molecule has 0 aliphatic carbocycles. The van der Waals surface area contributed by atoms with Gasteiger partial charge in [0.15, 0.2) is 0 Å². The molecule has 2 rings (SSSR count). The average molecular weight is 279 g/mol. The van der Waals surface area contributed by atoms with Crippen molar-refractivity contribution in [2.45, 2.75) is 19.0 Å². The third-order valence-electron chi connectivity index (χ3n) is 3.09. The van der Waals surface area contributed by atoms with E-state index in [9.17, 15) is 15.3 Å². The van der Waals surface area contributed by atoms with Crippen molar-refractivity contribution in [1.82, 2.24) is 5.32 Å². The number of phenolic OH excluding ortho intramolecular Hbond substituents is 2. The van der Waals surface area contributed by atoms with Gasteiger partial charge in [0.2, 0.25) is 0 Å². The highest BCUT2D eigenvalue weighted by molar-refractivity contribution is 7.09. The lowest BCUT2D eigenvalue weighted by molar-refractivity contribution is 0.173. The molecule has 0 saturated carbocycles. The third-order valence-corrected chi connectivity index (χ3v) is 3.97. The lowest BCUT2D eigenvalue weighted by Crippen LogP contribution is -2.42. The average Bonchev–Trinajstić information content (AvgIpc) is 2.88. The van der Waals surface area contributed by atoms with Crippen LogP contribution in [-0.2, 0) is 12.1 Å². The van der Waals surface area contributed by atoms with Crippen LogP contribution < -0.4 is 5.32 Å². The summed E-state index contributed by atoms with van der Waals surface area (Å²) >= 11 is 1.63. The molecule has 0 amide bonds. The van der Waals surface area contributed by atoms with Crippen LogP contribution in [0.4, 0.5) is 0 Å². The summed E-state index contributed by atoms with van der Waals surface area (Å²) in [5.41, 5.74) is -0.0794. The van der Waals surface area contributed by atoms with Crippen LogP contribution in [0.3, 0.4) is 0 Å². The van der Waals surface area contributed by atoms with Crippen LogP contribution in [0, 0.1) is 0 Å². The molecule has 102 valence electrons. The van der Waals surface area contributed by atoms with Gasteiger partial charge in [-0.15, -0.1) is 11.3 Å². The number of aliphatic hydroxyl groups excluding tert-OH is 1. The highest BCUT2D eigenvalue weighted by Crippen LogP contribution is 2.29. The summed E-state index contributed by atoms with van der Waals surface area (Å²) < 4.78 is 0. The highest BCUT2D eigenvalue weighted by atomic mass is 32.1. The number of nitrogens with one attached hydrogen (secondary N) is 1. The standard InChI is InChI=1S/C14H17NO3S/c1-14(9-16,15-8-13-3-2-4-19-13)10-5-11(17)7-12(18)6-10/h2-7,15-18H,8-9H2,1H3. The lowest BCUT2D eigenvalue weighted by atomic mass is 9.92. The maximum atomic E-state index is 9.63. The van der Waals surface area contributed by atoms with Gasteiger partial charge in [0.05, 0.1) is 12.1 Å². The van der Waals surface area contributed by atoms with Gasteiger partial charge in [-0.3, -0.25) is 0 Å². The first kappa shape index (κ1) is 13.9. The Labute approximate surface area is 116 Å². The van der Waals surface area contributed by atoms with E-state index in [-0.39, 0.29) is 18.1 Å². The van der Waals surface area contributed by atoms with Gasteiger partial charge in [0.25, 0.3) is 0 Å². The smallest absolute Gasteiger partial charge is 0.119 e. The number of phenols is 2. The SMILES string of the molecule is CC(CO)(NCc1cccs1)c1cc(O)cc(O)c1. The number of hydrogen-bond donors (Lipinski definition) is 4. The molecule has 1 aromatic carbocycles. The Balaban J connectivity index is 2.20. The molecule has 0 saturated heterocycles. The van der Waals surface area contributed by atoms with E-state index in [0.29, 0.717) is 12.1 Å². The van der Waals surface area contributed by atoms with Gasteiger partial charge in [-0.25, -0.2) is 0 Å². The molecule has 0 aliphatic rings. The van der Waals surface area contributed by atoms with Gasteiger partial charge in [-0.05, 0) is 36.1 Å². The van der Waals surface area contributed by atoms with Crippen molar-refractivity contribution in [3.05, 3.63) is 46.2 Å². The topological polar surface area (TPSA) is 72.7 Å². The van der Waals surface area contributed by atoms with E-state index in [1.807, 2.05) is 24.4 Å². The second-order valence-corrected chi connectivity index (χ2v) is 5.69. The number of rotatable bonds is 5. The van der Waals surface area contributed by atoms with E-state index < -0.39 is 5.54 Å². The minimum absolute atomic E-state index is 0.0207. The summed E-state index contributed by atoms with van der Waals surface area (Å²) in [6.07, 6.45) is 0. The number of thiophene rings is 1. The van der Waals surface area contributed by atoms with E-state index in [4.69, 9.17) is 0 Å². The summed E-state index contributed by atoms with van der Waals surface area (Å²) in [6.45, 7) is 2.31. The van der Waals surface area contributed by atoms with Crippen LogP contribution in [0.25, 0.3) is 0 Å². The molecule has 0 spiro atoms. The number of hydrogen-bond acceptors (Lipinski definition) is 5. The Hall–Kier alpha value is -1.56. The monoisotopic (exact) mass is 279 g/mol. The van der Waals surface area contributed by atoms with Crippen LogP contribution in [-0.4, -0.2) is 21.9 Å². The molecule has 0 bridgehead atoms. The molecule has 0 fully saturated rings.